The zero-order chi connectivity index (χ0) is 60.3. The average molecular weight is 1160 g/mol. The predicted molar refractivity (Wildman–Crippen MR) is 347 cm³/mol. The Kier molecular flexibility index (Phi) is 55.1. The molecule has 6 N–H and O–H groups in total. The zero-order valence-corrected chi connectivity index (χ0v) is 53.0. The molecule has 8 unspecified atom stereocenters. The second-order valence-electron chi connectivity index (χ2n) is 23.2. The molecule has 1 aliphatic heterocycles. The summed E-state index contributed by atoms with van der Waals surface area (Å²) in [5.74, 6) is -1.21. The van der Waals surface area contributed by atoms with Crippen LogP contribution in [0.25, 0.3) is 0 Å². The molecule has 0 aromatic rings. The summed E-state index contributed by atoms with van der Waals surface area (Å²) in [6, 6.07) is -1.04. The lowest BCUT2D eigenvalue weighted by atomic mass is 9.99. The second-order valence-corrected chi connectivity index (χ2v) is 23.2. The Balaban J connectivity index is 2.62. The number of rotatable bonds is 57. The van der Waals surface area contributed by atoms with Crippen LogP contribution in [-0.4, -0.2) is 99.6 Å². The van der Waals surface area contributed by atoms with Gasteiger partial charge < -0.3 is 45.1 Å². The van der Waals surface area contributed by atoms with Crippen LogP contribution >= 0.6 is 0 Å². The Morgan fingerprint density at radius 2 is 0.867 bits per heavy atom. The number of esters is 1. The van der Waals surface area contributed by atoms with Crippen molar-refractivity contribution in [2.24, 2.45) is 0 Å². The molecule has 0 aromatic heterocycles. The summed E-state index contributed by atoms with van der Waals surface area (Å²) >= 11 is 0. The number of aliphatic hydroxyl groups is 5. The fraction of sp³-hybridized carbons (Fsp3) is 0.750. The van der Waals surface area contributed by atoms with E-state index < -0.39 is 67.4 Å². The van der Waals surface area contributed by atoms with Crippen LogP contribution in [0.4, 0.5) is 0 Å². The topological polar surface area (TPSA) is 175 Å². The van der Waals surface area contributed by atoms with Crippen LogP contribution in [0.3, 0.4) is 0 Å². The Bertz CT molecular complexity index is 1720. The van der Waals surface area contributed by atoms with Crippen LogP contribution < -0.4 is 5.32 Å². The number of hydrogen-bond acceptors (Lipinski definition) is 10. The maximum Gasteiger partial charge on any atom is 0.306 e. The highest BCUT2D eigenvalue weighted by molar-refractivity contribution is 5.80. The van der Waals surface area contributed by atoms with Gasteiger partial charge in [-0.25, -0.2) is 0 Å². The van der Waals surface area contributed by atoms with E-state index in [1.807, 2.05) is 6.08 Å². The van der Waals surface area contributed by atoms with Gasteiger partial charge in [0.25, 0.3) is 0 Å². The number of amides is 1. The van der Waals surface area contributed by atoms with Gasteiger partial charge >= 0.3 is 5.97 Å². The fourth-order valence-electron chi connectivity index (χ4n) is 10.1. The molecule has 478 valence electrons. The first-order valence-corrected chi connectivity index (χ1v) is 34.0. The maximum atomic E-state index is 13.5. The summed E-state index contributed by atoms with van der Waals surface area (Å²) in [5.41, 5.74) is 0. The number of ether oxygens (including phenoxy) is 3. The van der Waals surface area contributed by atoms with Gasteiger partial charge in [0.05, 0.1) is 25.4 Å². The number of nitrogens with one attached hydrogen (secondary N) is 1. The normalized spacial score (nSPS) is 19.2. The maximum absolute atomic E-state index is 13.5. The van der Waals surface area contributed by atoms with Crippen molar-refractivity contribution in [3.05, 3.63) is 97.2 Å². The van der Waals surface area contributed by atoms with Crippen LogP contribution in [0.5, 0.6) is 0 Å². The van der Waals surface area contributed by atoms with Gasteiger partial charge in [-0.15, -0.1) is 0 Å². The first-order valence-electron chi connectivity index (χ1n) is 34.0. The van der Waals surface area contributed by atoms with Crippen molar-refractivity contribution in [1.29, 1.82) is 0 Å². The minimum Gasteiger partial charge on any atom is -0.454 e. The molecule has 1 rings (SSSR count). The van der Waals surface area contributed by atoms with Crippen LogP contribution in [0.2, 0.25) is 0 Å². The van der Waals surface area contributed by atoms with E-state index in [1.165, 1.54) is 109 Å². The molecule has 1 heterocycles. The molecule has 1 fully saturated rings. The summed E-state index contributed by atoms with van der Waals surface area (Å²) in [4.78, 5) is 26.6. The van der Waals surface area contributed by atoms with Crippen LogP contribution in [0.15, 0.2) is 97.2 Å². The molecule has 0 radical (unpaired) electrons. The number of carbonyl (C=O) groups excluding carboxylic acids is 2. The summed E-state index contributed by atoms with van der Waals surface area (Å²) in [6.07, 6.45) is 68.7. The van der Waals surface area contributed by atoms with Crippen molar-refractivity contribution in [1.82, 2.24) is 5.32 Å². The molecule has 1 amide bonds. The molecule has 83 heavy (non-hydrogen) atoms. The van der Waals surface area contributed by atoms with E-state index in [-0.39, 0.29) is 19.4 Å². The molecule has 1 aliphatic rings. The van der Waals surface area contributed by atoms with Gasteiger partial charge in [-0.3, -0.25) is 9.59 Å². The standard InChI is InChI=1S/C72H125NO10/c1-4-7-10-13-16-19-22-25-27-28-29-30-31-32-33-34-35-36-37-39-41-44-47-50-53-56-59-65(76)71(80)73-63(64(75)58-55-52-49-46-43-40-24-21-18-15-12-9-6-3)62-81-72-70(69(79)68(78)66(61-74)82-72)83-67(77)60-57-54-51-48-45-42-38-26-23-20-17-14-11-8-5-2/h7,10,16,19-20,23,25,27,29-30,32-33,35-36,55,58,63-66,68-70,72,74-76,78-79H,4-6,8-9,11-15,17-18,21-22,24,26,28,31,34,37-54,56-57,59-62H2,1-3H3,(H,73,80)/b10-7-,19-16-,23-20-,27-25-,30-29-,33-32-,36-35-,58-55+. The first-order chi connectivity index (χ1) is 40.7. The molecular formula is C72H125NO10. The molecule has 11 heteroatoms. The highest BCUT2D eigenvalue weighted by atomic mass is 16.7. The molecular weight excluding hydrogens is 1040 g/mol. The summed E-state index contributed by atoms with van der Waals surface area (Å²) in [5, 5.41) is 57.2. The third-order valence-corrected chi connectivity index (χ3v) is 15.5. The van der Waals surface area contributed by atoms with Gasteiger partial charge in [0, 0.05) is 6.42 Å². The quantitative estimate of drug-likeness (QED) is 0.0195. The predicted octanol–water partition coefficient (Wildman–Crippen LogP) is 17.1. The lowest BCUT2D eigenvalue weighted by Gasteiger charge is -2.41. The molecule has 0 aromatic carbocycles. The SMILES string of the molecule is CC/C=C\C/C=C\C/C=C\C/C=C\C/C=C\C/C=C\CCCCCCCCCC(O)C(=O)NC(COC1OC(CO)C(O)C(O)C1OC(=O)CCCCCCCCC/C=C\CCCCCC)C(O)/C=C/CCCCCCCCCCCCC. The van der Waals surface area contributed by atoms with E-state index in [9.17, 15) is 35.1 Å². The highest BCUT2D eigenvalue weighted by Gasteiger charge is 2.47. The van der Waals surface area contributed by atoms with Gasteiger partial charge in [-0.2, -0.15) is 0 Å². The Hall–Kier alpha value is -3.42. The minimum atomic E-state index is -1.62. The van der Waals surface area contributed by atoms with Gasteiger partial charge in [0.2, 0.25) is 5.91 Å². The van der Waals surface area contributed by atoms with Gasteiger partial charge in [0.15, 0.2) is 12.4 Å². The van der Waals surface area contributed by atoms with Crippen LogP contribution in [0, 0.1) is 0 Å². The molecule has 0 spiro atoms. The second kappa shape index (κ2) is 58.9. The molecule has 11 nitrogen and oxygen atoms in total. The van der Waals surface area contributed by atoms with Gasteiger partial charge in [0.1, 0.15) is 24.4 Å². The van der Waals surface area contributed by atoms with Crippen molar-refractivity contribution >= 4 is 11.9 Å². The average Bonchev–Trinajstić information content (AvgIpc) is 3.55. The van der Waals surface area contributed by atoms with E-state index in [2.05, 4.69) is 111 Å². The number of carbonyl (C=O) groups is 2. The number of unbranched alkanes of at least 4 members (excludes halogenated alkanes) is 29. The van der Waals surface area contributed by atoms with E-state index >= 15 is 0 Å². The third kappa shape index (κ3) is 46.5. The monoisotopic (exact) mass is 1160 g/mol. The zero-order valence-electron chi connectivity index (χ0n) is 53.0. The number of allylic oxidation sites excluding steroid dienone is 15. The van der Waals surface area contributed by atoms with Crippen LogP contribution in [0.1, 0.15) is 284 Å². The highest BCUT2D eigenvalue weighted by Crippen LogP contribution is 2.26. The third-order valence-electron chi connectivity index (χ3n) is 15.5. The van der Waals surface area contributed by atoms with Crippen LogP contribution in [-0.2, 0) is 23.8 Å². The first kappa shape index (κ1) is 77.6. The molecule has 0 aliphatic carbocycles. The molecule has 0 bridgehead atoms. The van der Waals surface area contributed by atoms with E-state index in [1.54, 1.807) is 6.08 Å². The van der Waals surface area contributed by atoms with E-state index in [0.29, 0.717) is 12.8 Å². The smallest absolute Gasteiger partial charge is 0.306 e. The molecule has 8 atom stereocenters. The number of aliphatic hydroxyl groups excluding tert-OH is 5. The summed E-state index contributed by atoms with van der Waals surface area (Å²) in [7, 11) is 0. The molecule has 1 saturated heterocycles. The van der Waals surface area contributed by atoms with E-state index in [4.69, 9.17) is 14.2 Å². The Labute approximate surface area is 507 Å². The van der Waals surface area contributed by atoms with Crippen molar-refractivity contribution < 1.29 is 49.3 Å². The van der Waals surface area contributed by atoms with Gasteiger partial charge in [-0.1, -0.05) is 272 Å². The Morgan fingerprint density at radius 1 is 0.482 bits per heavy atom. The lowest BCUT2D eigenvalue weighted by Crippen LogP contribution is -2.61. The van der Waals surface area contributed by atoms with E-state index in [0.717, 1.165) is 128 Å². The van der Waals surface area contributed by atoms with Crippen molar-refractivity contribution in [3.8, 4) is 0 Å². The Morgan fingerprint density at radius 3 is 1.33 bits per heavy atom. The lowest BCUT2D eigenvalue weighted by molar-refractivity contribution is -0.305. The fourth-order valence-corrected chi connectivity index (χ4v) is 10.1. The van der Waals surface area contributed by atoms with Crippen molar-refractivity contribution in [2.45, 2.75) is 333 Å². The van der Waals surface area contributed by atoms with Gasteiger partial charge in [-0.05, 0) is 103 Å². The number of hydrogen-bond donors (Lipinski definition) is 6. The largest absolute Gasteiger partial charge is 0.454 e. The molecule has 0 saturated carbocycles. The minimum absolute atomic E-state index is 0.115. The summed E-state index contributed by atoms with van der Waals surface area (Å²) in [6.45, 7) is 5.67. The van der Waals surface area contributed by atoms with Crippen molar-refractivity contribution in [3.63, 3.8) is 0 Å². The summed E-state index contributed by atoms with van der Waals surface area (Å²) < 4.78 is 17.6. The van der Waals surface area contributed by atoms with Crippen molar-refractivity contribution in [2.75, 3.05) is 13.2 Å².